The number of piperidine rings is 1. The molecule has 5 rings (SSSR count). The van der Waals surface area contributed by atoms with Crippen molar-refractivity contribution in [1.82, 2.24) is 19.6 Å². The Kier molecular flexibility index (Phi) is 9.34. The SMILES string of the molecule is CCOC(=O)C1(C)CCN(CCCOc2ccn3c(-c4cc(OC)c(C(=O)NC5CC5)c(OC(F)F)c4)cnc3c2)CC1. The molecular weight excluding hydrogens is 562 g/mol. The molecule has 2 aliphatic rings. The van der Waals surface area contributed by atoms with E-state index in [0.717, 1.165) is 51.7 Å². The molecule has 3 aromatic rings. The molecule has 1 aromatic carbocycles. The van der Waals surface area contributed by atoms with Crippen molar-refractivity contribution < 1.29 is 37.3 Å². The summed E-state index contributed by atoms with van der Waals surface area (Å²) < 4.78 is 49.9. The zero-order valence-corrected chi connectivity index (χ0v) is 24.7. The van der Waals surface area contributed by atoms with Gasteiger partial charge in [0.1, 0.15) is 28.5 Å². The standard InChI is InChI=1S/C31H38F2N4O6/c1-4-41-29(39)31(2)9-13-36(14-10-31)11-5-15-42-22-8-12-37-23(19-34-26(37)18-22)20-16-24(40-3)27(25(17-20)43-30(32)33)28(38)35-21-6-7-21/h8,12,16-19,21,30H,4-7,9-11,13-15H2,1-3H3,(H,35,38). The Bertz CT molecular complexity index is 1450. The van der Waals surface area contributed by atoms with Gasteiger partial charge in [0.2, 0.25) is 0 Å². The van der Waals surface area contributed by atoms with Crippen molar-refractivity contribution in [2.24, 2.45) is 5.41 Å². The molecule has 0 atom stereocenters. The number of imidazole rings is 1. The van der Waals surface area contributed by atoms with Crippen molar-refractivity contribution in [1.29, 1.82) is 0 Å². The summed E-state index contributed by atoms with van der Waals surface area (Å²) in [5.41, 5.74) is 1.23. The summed E-state index contributed by atoms with van der Waals surface area (Å²) in [5, 5.41) is 2.80. The number of esters is 1. The lowest BCUT2D eigenvalue weighted by atomic mass is 9.80. The maximum Gasteiger partial charge on any atom is 0.387 e. The summed E-state index contributed by atoms with van der Waals surface area (Å²) in [4.78, 5) is 31.9. The number of nitrogens with zero attached hydrogens (tertiary/aromatic N) is 3. The smallest absolute Gasteiger partial charge is 0.387 e. The molecule has 1 amide bonds. The lowest BCUT2D eigenvalue weighted by molar-refractivity contribution is -0.157. The fraction of sp³-hybridized carbons (Fsp3) is 0.516. The van der Waals surface area contributed by atoms with Crippen molar-refractivity contribution in [2.75, 3.05) is 40.0 Å². The van der Waals surface area contributed by atoms with Gasteiger partial charge >= 0.3 is 12.6 Å². The van der Waals surface area contributed by atoms with Crippen molar-refractivity contribution in [2.45, 2.75) is 58.6 Å². The number of methoxy groups -OCH3 is 1. The van der Waals surface area contributed by atoms with Crippen LogP contribution >= 0.6 is 0 Å². The lowest BCUT2D eigenvalue weighted by Crippen LogP contribution is -2.43. The first kappa shape index (κ1) is 30.5. The van der Waals surface area contributed by atoms with E-state index >= 15 is 0 Å². The minimum absolute atomic E-state index is 0.0328. The van der Waals surface area contributed by atoms with Crippen LogP contribution in [-0.4, -0.2) is 78.8 Å². The van der Waals surface area contributed by atoms with E-state index in [0.29, 0.717) is 35.9 Å². The Morgan fingerprint density at radius 1 is 1.16 bits per heavy atom. The van der Waals surface area contributed by atoms with Crippen LogP contribution in [0.15, 0.2) is 36.7 Å². The Balaban J connectivity index is 1.23. The van der Waals surface area contributed by atoms with E-state index in [-0.39, 0.29) is 29.1 Å². The van der Waals surface area contributed by atoms with Gasteiger partial charge in [-0.3, -0.25) is 14.0 Å². The van der Waals surface area contributed by atoms with Gasteiger partial charge in [-0.2, -0.15) is 8.78 Å². The summed E-state index contributed by atoms with van der Waals surface area (Å²) in [5.74, 6) is -0.108. The molecule has 1 saturated heterocycles. The second-order valence-corrected chi connectivity index (χ2v) is 11.2. The molecule has 1 aliphatic heterocycles. The highest BCUT2D eigenvalue weighted by Crippen LogP contribution is 2.37. The van der Waals surface area contributed by atoms with Crippen LogP contribution in [0.4, 0.5) is 8.78 Å². The van der Waals surface area contributed by atoms with E-state index in [1.165, 1.54) is 13.2 Å². The largest absolute Gasteiger partial charge is 0.496 e. The number of alkyl halides is 2. The highest BCUT2D eigenvalue weighted by molar-refractivity contribution is 6.01. The molecule has 3 heterocycles. The highest BCUT2D eigenvalue weighted by Gasteiger charge is 2.38. The molecule has 1 N–H and O–H groups in total. The van der Waals surface area contributed by atoms with E-state index in [1.54, 1.807) is 28.9 Å². The van der Waals surface area contributed by atoms with Gasteiger partial charge in [-0.15, -0.1) is 0 Å². The molecule has 12 heteroatoms. The number of hydrogen-bond acceptors (Lipinski definition) is 8. The van der Waals surface area contributed by atoms with Gasteiger partial charge in [0, 0.05) is 30.4 Å². The summed E-state index contributed by atoms with van der Waals surface area (Å²) in [6.45, 7) is 4.18. The van der Waals surface area contributed by atoms with Crippen LogP contribution in [0.3, 0.4) is 0 Å². The first-order valence-electron chi connectivity index (χ1n) is 14.7. The molecule has 232 valence electrons. The van der Waals surface area contributed by atoms with Crippen molar-refractivity contribution >= 4 is 17.5 Å². The third-order valence-electron chi connectivity index (χ3n) is 8.04. The predicted molar refractivity (Wildman–Crippen MR) is 155 cm³/mol. The summed E-state index contributed by atoms with van der Waals surface area (Å²) in [7, 11) is 1.38. The number of likely N-dealkylation sites (tertiary alicyclic amines) is 1. The number of aromatic nitrogens is 2. The van der Waals surface area contributed by atoms with E-state index in [2.05, 4.69) is 15.2 Å². The molecule has 1 saturated carbocycles. The molecule has 0 radical (unpaired) electrons. The average molecular weight is 601 g/mol. The Hall–Kier alpha value is -3.93. The molecule has 0 bridgehead atoms. The van der Waals surface area contributed by atoms with E-state index in [4.69, 9.17) is 18.9 Å². The summed E-state index contributed by atoms with van der Waals surface area (Å²) in [6, 6.07) is 6.67. The number of amides is 1. The number of nitrogens with one attached hydrogen (secondary N) is 1. The van der Waals surface area contributed by atoms with Crippen molar-refractivity contribution in [3.63, 3.8) is 0 Å². The van der Waals surface area contributed by atoms with Crippen molar-refractivity contribution in [3.8, 4) is 28.5 Å². The fourth-order valence-corrected chi connectivity index (χ4v) is 5.32. The summed E-state index contributed by atoms with van der Waals surface area (Å²) >= 11 is 0. The van der Waals surface area contributed by atoms with Crippen LogP contribution in [0.25, 0.3) is 16.9 Å². The van der Waals surface area contributed by atoms with Crippen LogP contribution in [-0.2, 0) is 9.53 Å². The van der Waals surface area contributed by atoms with Crippen LogP contribution in [0.2, 0.25) is 0 Å². The molecule has 0 spiro atoms. The third-order valence-corrected chi connectivity index (χ3v) is 8.04. The number of benzene rings is 1. The monoisotopic (exact) mass is 600 g/mol. The molecule has 2 aromatic heterocycles. The highest BCUT2D eigenvalue weighted by atomic mass is 19.3. The maximum absolute atomic E-state index is 13.3. The van der Waals surface area contributed by atoms with Crippen LogP contribution in [0.5, 0.6) is 17.2 Å². The predicted octanol–water partition coefficient (Wildman–Crippen LogP) is 4.94. The zero-order valence-electron chi connectivity index (χ0n) is 24.7. The Labute approximate surface area is 249 Å². The fourth-order valence-electron chi connectivity index (χ4n) is 5.32. The zero-order chi connectivity index (χ0) is 30.6. The second-order valence-electron chi connectivity index (χ2n) is 11.2. The molecule has 10 nitrogen and oxygen atoms in total. The van der Waals surface area contributed by atoms with Crippen LogP contribution in [0, 0.1) is 5.41 Å². The van der Waals surface area contributed by atoms with Gasteiger partial charge in [0.15, 0.2) is 0 Å². The first-order valence-corrected chi connectivity index (χ1v) is 14.7. The Morgan fingerprint density at radius 2 is 1.91 bits per heavy atom. The number of fused-ring (bicyclic) bond motifs is 1. The van der Waals surface area contributed by atoms with Crippen molar-refractivity contribution in [3.05, 3.63) is 42.2 Å². The number of carbonyl (C=O) groups is 2. The molecule has 0 unspecified atom stereocenters. The average Bonchev–Trinajstić information content (AvgIpc) is 3.70. The topological polar surface area (TPSA) is 104 Å². The first-order chi connectivity index (χ1) is 20.7. The van der Waals surface area contributed by atoms with Gasteiger partial charge in [0.25, 0.3) is 5.91 Å². The minimum Gasteiger partial charge on any atom is -0.496 e. The van der Waals surface area contributed by atoms with E-state index < -0.39 is 17.9 Å². The number of pyridine rings is 1. The number of carbonyl (C=O) groups excluding carboxylic acids is 2. The van der Waals surface area contributed by atoms with Gasteiger partial charge in [-0.05, 0) is 77.2 Å². The van der Waals surface area contributed by atoms with Gasteiger partial charge < -0.3 is 29.2 Å². The normalized spacial score (nSPS) is 16.7. The van der Waals surface area contributed by atoms with E-state index in [9.17, 15) is 18.4 Å². The molecular formula is C31H38F2N4O6. The number of ether oxygens (including phenoxy) is 4. The van der Waals surface area contributed by atoms with Crippen LogP contribution in [0.1, 0.15) is 56.3 Å². The quantitative estimate of drug-likeness (QED) is 0.218. The molecule has 43 heavy (non-hydrogen) atoms. The number of hydrogen-bond donors (Lipinski definition) is 1. The molecule has 1 aliphatic carbocycles. The minimum atomic E-state index is -3.12. The number of halogens is 2. The third kappa shape index (κ3) is 7.18. The Morgan fingerprint density at radius 3 is 2.58 bits per heavy atom. The maximum atomic E-state index is 13.3. The van der Waals surface area contributed by atoms with E-state index in [1.807, 2.05) is 19.9 Å². The van der Waals surface area contributed by atoms with Gasteiger partial charge in [-0.1, -0.05) is 0 Å². The number of rotatable bonds is 13. The lowest BCUT2D eigenvalue weighted by Gasteiger charge is -2.37. The van der Waals surface area contributed by atoms with Gasteiger partial charge in [-0.25, -0.2) is 4.98 Å². The molecule has 2 fully saturated rings. The van der Waals surface area contributed by atoms with Crippen LogP contribution < -0.4 is 19.5 Å². The van der Waals surface area contributed by atoms with Gasteiger partial charge in [0.05, 0.1) is 37.6 Å². The summed E-state index contributed by atoms with van der Waals surface area (Å²) in [6.07, 6.45) is 7.50. The second kappa shape index (κ2) is 13.2.